The lowest BCUT2D eigenvalue weighted by Crippen LogP contribution is -1.91. The van der Waals surface area contributed by atoms with E-state index in [-0.39, 0.29) is 5.82 Å². The van der Waals surface area contributed by atoms with Gasteiger partial charge in [0.1, 0.15) is 5.82 Å². The standard InChI is InChI=1S/C27H32FN/c1-3-5-7-9-21-11-18-26(27(28)19-21)23-14-12-22(13-15-23)24-16-17-25(29-20-24)10-8-6-4-2/h11-20H,3-10H2,1-2H3. The second kappa shape index (κ2) is 10.9. The second-order valence-corrected chi connectivity index (χ2v) is 7.84. The maximum Gasteiger partial charge on any atom is 0.131 e. The molecule has 0 atom stereocenters. The van der Waals surface area contributed by atoms with Crippen molar-refractivity contribution in [2.75, 3.05) is 0 Å². The van der Waals surface area contributed by atoms with Gasteiger partial charge in [0.15, 0.2) is 0 Å². The van der Waals surface area contributed by atoms with Gasteiger partial charge < -0.3 is 0 Å². The van der Waals surface area contributed by atoms with E-state index >= 15 is 0 Å². The molecule has 0 amide bonds. The van der Waals surface area contributed by atoms with E-state index in [1.54, 1.807) is 6.07 Å². The van der Waals surface area contributed by atoms with Crippen LogP contribution in [0.15, 0.2) is 60.8 Å². The number of hydrogen-bond donors (Lipinski definition) is 0. The van der Waals surface area contributed by atoms with Crippen LogP contribution in [0.25, 0.3) is 22.3 Å². The Morgan fingerprint density at radius 1 is 0.690 bits per heavy atom. The summed E-state index contributed by atoms with van der Waals surface area (Å²) in [5, 5.41) is 0. The number of aromatic nitrogens is 1. The SMILES string of the molecule is CCCCCc1ccc(-c2ccc(-c3ccc(CCCCC)nc3)cc2)c(F)c1. The van der Waals surface area contributed by atoms with E-state index in [1.807, 2.05) is 24.4 Å². The van der Waals surface area contributed by atoms with Crippen LogP contribution < -0.4 is 0 Å². The van der Waals surface area contributed by atoms with E-state index in [9.17, 15) is 4.39 Å². The highest BCUT2D eigenvalue weighted by molar-refractivity contribution is 5.70. The number of pyridine rings is 1. The minimum absolute atomic E-state index is 0.134. The molecule has 3 aromatic rings. The van der Waals surface area contributed by atoms with E-state index in [0.29, 0.717) is 5.56 Å². The Morgan fingerprint density at radius 2 is 1.34 bits per heavy atom. The van der Waals surface area contributed by atoms with Crippen molar-refractivity contribution in [2.24, 2.45) is 0 Å². The van der Waals surface area contributed by atoms with Crippen LogP contribution in [0.3, 0.4) is 0 Å². The fraction of sp³-hybridized carbons (Fsp3) is 0.370. The number of benzene rings is 2. The van der Waals surface area contributed by atoms with Crippen LogP contribution in [-0.4, -0.2) is 4.98 Å². The Balaban J connectivity index is 1.68. The largest absolute Gasteiger partial charge is 0.261 e. The molecule has 1 heterocycles. The maximum atomic E-state index is 14.6. The smallest absolute Gasteiger partial charge is 0.131 e. The molecule has 2 aromatic carbocycles. The highest BCUT2D eigenvalue weighted by Gasteiger charge is 2.07. The average molecular weight is 390 g/mol. The van der Waals surface area contributed by atoms with Gasteiger partial charge in [-0.05, 0) is 54.5 Å². The summed E-state index contributed by atoms with van der Waals surface area (Å²) in [7, 11) is 0. The van der Waals surface area contributed by atoms with Crippen LogP contribution in [0.2, 0.25) is 0 Å². The second-order valence-electron chi connectivity index (χ2n) is 7.84. The van der Waals surface area contributed by atoms with E-state index in [0.717, 1.165) is 47.2 Å². The van der Waals surface area contributed by atoms with Crippen molar-refractivity contribution in [3.63, 3.8) is 0 Å². The molecule has 0 radical (unpaired) electrons. The molecule has 1 nitrogen and oxygen atoms in total. The van der Waals surface area contributed by atoms with Gasteiger partial charge in [0, 0.05) is 23.0 Å². The highest BCUT2D eigenvalue weighted by Crippen LogP contribution is 2.27. The van der Waals surface area contributed by atoms with Gasteiger partial charge in [0.2, 0.25) is 0 Å². The Bertz CT molecular complexity index is 881. The summed E-state index contributed by atoms with van der Waals surface area (Å²) < 4.78 is 14.6. The Hall–Kier alpha value is -2.48. The zero-order valence-corrected chi connectivity index (χ0v) is 17.8. The highest BCUT2D eigenvalue weighted by atomic mass is 19.1. The lowest BCUT2D eigenvalue weighted by molar-refractivity contribution is 0.626. The summed E-state index contributed by atoms with van der Waals surface area (Å²) >= 11 is 0. The van der Waals surface area contributed by atoms with Crippen LogP contribution in [0.4, 0.5) is 4.39 Å². The molecule has 0 saturated heterocycles. The van der Waals surface area contributed by atoms with E-state index in [1.165, 1.54) is 32.1 Å². The van der Waals surface area contributed by atoms with Gasteiger partial charge in [-0.3, -0.25) is 4.98 Å². The normalized spacial score (nSPS) is 11.0. The molecule has 1 aromatic heterocycles. The first-order chi connectivity index (χ1) is 14.2. The summed E-state index contributed by atoms with van der Waals surface area (Å²) in [6.45, 7) is 4.40. The lowest BCUT2D eigenvalue weighted by Gasteiger charge is -2.08. The zero-order valence-electron chi connectivity index (χ0n) is 17.8. The van der Waals surface area contributed by atoms with Crippen LogP contribution in [0.5, 0.6) is 0 Å². The molecule has 0 aliphatic carbocycles. The predicted molar refractivity (Wildman–Crippen MR) is 122 cm³/mol. The van der Waals surface area contributed by atoms with Crippen molar-refractivity contribution in [2.45, 2.75) is 65.2 Å². The molecule has 0 fully saturated rings. The van der Waals surface area contributed by atoms with Crippen LogP contribution in [0, 0.1) is 5.82 Å². The third kappa shape index (κ3) is 6.00. The number of unbranched alkanes of at least 4 members (excludes halogenated alkanes) is 4. The van der Waals surface area contributed by atoms with Gasteiger partial charge in [-0.2, -0.15) is 0 Å². The van der Waals surface area contributed by atoms with Crippen LogP contribution in [0.1, 0.15) is 63.6 Å². The number of hydrogen-bond acceptors (Lipinski definition) is 1. The summed E-state index contributed by atoms with van der Waals surface area (Å²) in [6, 6.07) is 18.0. The number of nitrogens with zero attached hydrogens (tertiary/aromatic N) is 1. The fourth-order valence-corrected chi connectivity index (χ4v) is 3.67. The molecule has 29 heavy (non-hydrogen) atoms. The molecule has 0 aliphatic rings. The van der Waals surface area contributed by atoms with Crippen molar-refractivity contribution in [3.8, 4) is 22.3 Å². The summed E-state index contributed by atoms with van der Waals surface area (Å²) in [5.41, 5.74) is 6.03. The van der Waals surface area contributed by atoms with Gasteiger partial charge in [0.05, 0.1) is 0 Å². The van der Waals surface area contributed by atoms with E-state index < -0.39 is 0 Å². The molecule has 0 aliphatic heterocycles. The Morgan fingerprint density at radius 3 is 1.97 bits per heavy atom. The summed E-state index contributed by atoms with van der Waals surface area (Å²) in [4.78, 5) is 4.60. The molecule has 2 heteroatoms. The first-order valence-corrected chi connectivity index (χ1v) is 11.1. The van der Waals surface area contributed by atoms with Crippen molar-refractivity contribution in [1.82, 2.24) is 4.98 Å². The molecule has 0 saturated carbocycles. The fourth-order valence-electron chi connectivity index (χ4n) is 3.67. The van der Waals surface area contributed by atoms with Crippen LogP contribution >= 0.6 is 0 Å². The minimum Gasteiger partial charge on any atom is -0.261 e. The third-order valence-corrected chi connectivity index (χ3v) is 5.49. The van der Waals surface area contributed by atoms with Gasteiger partial charge in [-0.25, -0.2) is 4.39 Å². The number of rotatable bonds is 10. The Kier molecular flexibility index (Phi) is 7.98. The van der Waals surface area contributed by atoms with Gasteiger partial charge in [-0.15, -0.1) is 0 Å². The summed E-state index contributed by atoms with van der Waals surface area (Å²) in [6.07, 6.45) is 11.1. The minimum atomic E-state index is -0.134. The lowest BCUT2D eigenvalue weighted by atomic mass is 9.98. The van der Waals surface area contributed by atoms with E-state index in [2.05, 4.69) is 49.2 Å². The average Bonchev–Trinajstić information content (AvgIpc) is 2.75. The number of halogens is 1. The molecule has 152 valence electrons. The molecular weight excluding hydrogens is 357 g/mol. The number of aryl methyl sites for hydroxylation is 2. The molecule has 0 N–H and O–H groups in total. The van der Waals surface area contributed by atoms with Crippen molar-refractivity contribution >= 4 is 0 Å². The topological polar surface area (TPSA) is 12.9 Å². The van der Waals surface area contributed by atoms with Crippen molar-refractivity contribution in [3.05, 3.63) is 77.9 Å². The van der Waals surface area contributed by atoms with Gasteiger partial charge in [-0.1, -0.05) is 82.0 Å². The molecule has 0 unspecified atom stereocenters. The third-order valence-electron chi connectivity index (χ3n) is 5.49. The Labute approximate surface area is 175 Å². The zero-order chi connectivity index (χ0) is 20.5. The van der Waals surface area contributed by atoms with Crippen LogP contribution in [-0.2, 0) is 12.8 Å². The first kappa shape index (κ1) is 21.2. The van der Waals surface area contributed by atoms with Crippen molar-refractivity contribution < 1.29 is 4.39 Å². The molecule has 0 spiro atoms. The van der Waals surface area contributed by atoms with Gasteiger partial charge >= 0.3 is 0 Å². The molecule has 0 bridgehead atoms. The first-order valence-electron chi connectivity index (χ1n) is 11.1. The molecule has 3 rings (SSSR count). The molecular formula is C27H32FN. The van der Waals surface area contributed by atoms with Crippen molar-refractivity contribution in [1.29, 1.82) is 0 Å². The van der Waals surface area contributed by atoms with E-state index in [4.69, 9.17) is 0 Å². The maximum absolute atomic E-state index is 14.6. The predicted octanol–water partition coefficient (Wildman–Crippen LogP) is 8.02. The quantitative estimate of drug-likeness (QED) is 0.320. The summed E-state index contributed by atoms with van der Waals surface area (Å²) in [5.74, 6) is -0.134. The monoisotopic (exact) mass is 389 g/mol. The van der Waals surface area contributed by atoms with Gasteiger partial charge in [0.25, 0.3) is 0 Å².